The minimum absolute atomic E-state index is 0.0432. The zero-order valence-electron chi connectivity index (χ0n) is 17.9. The van der Waals surface area contributed by atoms with Gasteiger partial charge in [0.1, 0.15) is 5.60 Å². The van der Waals surface area contributed by atoms with Crippen LogP contribution in [0.4, 0.5) is 4.79 Å². The molecular weight excluding hydrogens is 354 g/mol. The second-order valence-corrected chi connectivity index (χ2v) is 9.04. The highest BCUT2D eigenvalue weighted by Gasteiger charge is 2.36. The Morgan fingerprint density at radius 1 is 1.18 bits per heavy atom. The van der Waals surface area contributed by atoms with Crippen molar-refractivity contribution in [2.45, 2.75) is 65.1 Å². The molecule has 1 aromatic rings. The van der Waals surface area contributed by atoms with E-state index in [2.05, 4.69) is 13.8 Å². The minimum atomic E-state index is -0.579. The van der Waals surface area contributed by atoms with E-state index in [1.807, 2.05) is 56.0 Å². The predicted molar refractivity (Wildman–Crippen MR) is 111 cm³/mol. The van der Waals surface area contributed by atoms with Crippen LogP contribution in [0.25, 0.3) is 0 Å². The van der Waals surface area contributed by atoms with Gasteiger partial charge in [0.05, 0.1) is 6.04 Å². The van der Waals surface area contributed by atoms with Gasteiger partial charge in [-0.1, -0.05) is 44.2 Å². The summed E-state index contributed by atoms with van der Waals surface area (Å²) in [4.78, 5) is 29.1. The zero-order chi connectivity index (χ0) is 20.9. The lowest BCUT2D eigenvalue weighted by Gasteiger charge is -2.43. The Bertz CT molecular complexity index is 655. The van der Waals surface area contributed by atoms with E-state index in [4.69, 9.17) is 10.5 Å². The molecule has 0 saturated carbocycles. The van der Waals surface area contributed by atoms with Gasteiger partial charge in [-0.05, 0) is 45.1 Å². The van der Waals surface area contributed by atoms with E-state index in [-0.39, 0.29) is 18.0 Å². The summed E-state index contributed by atoms with van der Waals surface area (Å²) in [7, 11) is 0. The summed E-state index contributed by atoms with van der Waals surface area (Å²) in [5.41, 5.74) is 6.77. The molecule has 0 spiro atoms. The van der Waals surface area contributed by atoms with E-state index >= 15 is 0 Å². The molecule has 0 bridgehead atoms. The second kappa shape index (κ2) is 9.41. The lowest BCUT2D eigenvalue weighted by atomic mass is 9.98. The van der Waals surface area contributed by atoms with Crippen molar-refractivity contribution < 1.29 is 14.3 Å². The van der Waals surface area contributed by atoms with Gasteiger partial charge >= 0.3 is 6.09 Å². The molecule has 1 saturated heterocycles. The van der Waals surface area contributed by atoms with Crippen LogP contribution in [0.1, 0.15) is 46.6 Å². The Hall–Kier alpha value is -2.08. The number of benzene rings is 1. The zero-order valence-corrected chi connectivity index (χ0v) is 17.9. The molecule has 2 rings (SSSR count). The maximum absolute atomic E-state index is 13.1. The molecule has 2 unspecified atom stereocenters. The quantitative estimate of drug-likeness (QED) is 0.840. The Kier molecular flexibility index (Phi) is 7.47. The number of hydrogen-bond acceptors (Lipinski definition) is 4. The standard InChI is InChI=1S/C22H35N3O3/c1-16(2)13-18-15-24(21(27)28-22(3,4)5)11-12-25(18)20(26)19(23)14-17-9-7-6-8-10-17/h6-10,16,18-19H,11-15,23H2,1-5H3. The van der Waals surface area contributed by atoms with Gasteiger partial charge in [-0.2, -0.15) is 0 Å². The molecule has 1 aliphatic rings. The molecule has 0 radical (unpaired) electrons. The van der Waals surface area contributed by atoms with Crippen LogP contribution < -0.4 is 5.73 Å². The highest BCUT2D eigenvalue weighted by Crippen LogP contribution is 2.21. The molecule has 156 valence electrons. The molecule has 1 aliphatic heterocycles. The summed E-state index contributed by atoms with van der Waals surface area (Å²) in [6, 6.07) is 9.20. The van der Waals surface area contributed by atoms with Gasteiger partial charge in [0.2, 0.25) is 5.91 Å². The molecule has 0 aliphatic carbocycles. The normalized spacial score (nSPS) is 18.9. The molecule has 6 heteroatoms. The van der Waals surface area contributed by atoms with Crippen molar-refractivity contribution in [2.75, 3.05) is 19.6 Å². The van der Waals surface area contributed by atoms with Crippen molar-refractivity contribution in [3.63, 3.8) is 0 Å². The summed E-state index contributed by atoms with van der Waals surface area (Å²) in [5.74, 6) is 0.363. The van der Waals surface area contributed by atoms with Crippen LogP contribution in [0.5, 0.6) is 0 Å². The van der Waals surface area contributed by atoms with Crippen LogP contribution in [0.3, 0.4) is 0 Å². The first-order valence-corrected chi connectivity index (χ1v) is 10.1. The fourth-order valence-corrected chi connectivity index (χ4v) is 3.55. The highest BCUT2D eigenvalue weighted by molar-refractivity contribution is 5.82. The van der Waals surface area contributed by atoms with Gasteiger partial charge in [0, 0.05) is 25.7 Å². The number of carbonyl (C=O) groups is 2. The minimum Gasteiger partial charge on any atom is -0.444 e. The number of nitrogens with zero attached hydrogens (tertiary/aromatic N) is 2. The molecule has 6 nitrogen and oxygen atoms in total. The van der Waals surface area contributed by atoms with E-state index in [0.717, 1.165) is 12.0 Å². The van der Waals surface area contributed by atoms with Crippen LogP contribution in [0.15, 0.2) is 30.3 Å². The number of nitrogens with two attached hydrogens (primary N) is 1. The lowest BCUT2D eigenvalue weighted by molar-refractivity contribution is -0.138. The average Bonchev–Trinajstić information content (AvgIpc) is 2.60. The van der Waals surface area contributed by atoms with E-state index < -0.39 is 11.6 Å². The Labute approximate surface area is 169 Å². The second-order valence-electron chi connectivity index (χ2n) is 9.04. The Morgan fingerprint density at radius 3 is 2.39 bits per heavy atom. The highest BCUT2D eigenvalue weighted by atomic mass is 16.6. The number of carbonyl (C=O) groups excluding carboxylic acids is 2. The molecule has 1 aromatic carbocycles. The first kappa shape index (κ1) is 22.2. The molecule has 2 amide bonds. The first-order chi connectivity index (χ1) is 13.1. The third kappa shape index (κ3) is 6.51. The van der Waals surface area contributed by atoms with Crippen molar-refractivity contribution >= 4 is 12.0 Å². The van der Waals surface area contributed by atoms with Crippen LogP contribution >= 0.6 is 0 Å². The molecule has 1 fully saturated rings. The molecule has 2 atom stereocenters. The number of rotatable bonds is 5. The summed E-state index contributed by atoms with van der Waals surface area (Å²) < 4.78 is 5.51. The third-order valence-electron chi connectivity index (χ3n) is 4.78. The Morgan fingerprint density at radius 2 is 1.82 bits per heavy atom. The molecule has 28 heavy (non-hydrogen) atoms. The van der Waals surface area contributed by atoms with Gasteiger partial charge in [0.15, 0.2) is 0 Å². The van der Waals surface area contributed by atoms with Gasteiger partial charge in [-0.25, -0.2) is 4.79 Å². The van der Waals surface area contributed by atoms with Crippen LogP contribution in [-0.4, -0.2) is 59.1 Å². The van der Waals surface area contributed by atoms with Crippen LogP contribution in [0.2, 0.25) is 0 Å². The predicted octanol–water partition coefficient (Wildman–Crippen LogP) is 3.05. The summed E-state index contributed by atoms with van der Waals surface area (Å²) >= 11 is 0. The van der Waals surface area contributed by atoms with Gasteiger partial charge in [0.25, 0.3) is 0 Å². The largest absolute Gasteiger partial charge is 0.444 e. The average molecular weight is 390 g/mol. The number of ether oxygens (including phenoxy) is 1. The fraction of sp³-hybridized carbons (Fsp3) is 0.636. The Balaban J connectivity index is 2.06. The third-order valence-corrected chi connectivity index (χ3v) is 4.78. The molecular formula is C22H35N3O3. The monoisotopic (exact) mass is 389 g/mol. The summed E-state index contributed by atoms with van der Waals surface area (Å²) in [6.07, 6.45) is 1.02. The fourth-order valence-electron chi connectivity index (χ4n) is 3.55. The summed E-state index contributed by atoms with van der Waals surface area (Å²) in [5, 5.41) is 0. The number of piperazine rings is 1. The summed E-state index contributed by atoms with van der Waals surface area (Å²) in [6.45, 7) is 11.3. The SMILES string of the molecule is CC(C)CC1CN(C(=O)OC(C)(C)C)CCN1C(=O)C(N)Cc1ccccc1. The first-order valence-electron chi connectivity index (χ1n) is 10.1. The molecule has 1 heterocycles. The van der Waals surface area contributed by atoms with Crippen LogP contribution in [-0.2, 0) is 16.0 Å². The molecule has 0 aromatic heterocycles. The number of hydrogen-bond donors (Lipinski definition) is 1. The number of amides is 2. The van der Waals surface area contributed by atoms with E-state index in [0.29, 0.717) is 32.0 Å². The van der Waals surface area contributed by atoms with E-state index in [1.165, 1.54) is 0 Å². The maximum atomic E-state index is 13.1. The maximum Gasteiger partial charge on any atom is 0.410 e. The van der Waals surface area contributed by atoms with Crippen molar-refractivity contribution in [3.8, 4) is 0 Å². The van der Waals surface area contributed by atoms with Gasteiger partial charge in [-0.15, -0.1) is 0 Å². The van der Waals surface area contributed by atoms with Crippen molar-refractivity contribution in [1.29, 1.82) is 0 Å². The van der Waals surface area contributed by atoms with Gasteiger partial charge in [-0.3, -0.25) is 4.79 Å². The smallest absolute Gasteiger partial charge is 0.410 e. The van der Waals surface area contributed by atoms with Crippen molar-refractivity contribution in [3.05, 3.63) is 35.9 Å². The topological polar surface area (TPSA) is 75.9 Å². The molecule has 2 N–H and O–H groups in total. The van der Waals surface area contributed by atoms with Crippen LogP contribution in [0, 0.1) is 5.92 Å². The van der Waals surface area contributed by atoms with E-state index in [9.17, 15) is 9.59 Å². The van der Waals surface area contributed by atoms with Crippen molar-refractivity contribution in [2.24, 2.45) is 11.7 Å². The van der Waals surface area contributed by atoms with E-state index in [1.54, 1.807) is 4.90 Å². The van der Waals surface area contributed by atoms with Gasteiger partial charge < -0.3 is 20.3 Å². The lowest BCUT2D eigenvalue weighted by Crippen LogP contribution is -2.60. The van der Waals surface area contributed by atoms with Crippen molar-refractivity contribution in [1.82, 2.24) is 9.80 Å².